The lowest BCUT2D eigenvalue weighted by molar-refractivity contribution is 0.481. The zero-order chi connectivity index (χ0) is 13.5. The van der Waals surface area contributed by atoms with Gasteiger partial charge in [-0.3, -0.25) is 4.99 Å². The minimum atomic E-state index is 0.410. The van der Waals surface area contributed by atoms with Crippen molar-refractivity contribution in [1.29, 1.82) is 0 Å². The fourth-order valence-corrected chi connectivity index (χ4v) is 1.56. The van der Waals surface area contributed by atoms with Gasteiger partial charge >= 0.3 is 0 Å². The molecule has 0 aromatic heterocycles. The molecule has 1 aromatic rings. The van der Waals surface area contributed by atoms with E-state index >= 15 is 0 Å². The molecule has 0 aliphatic carbocycles. The number of rotatable bonds is 4. The summed E-state index contributed by atoms with van der Waals surface area (Å²) in [4.78, 5) is 4.25. The second kappa shape index (κ2) is 7.04. The Bertz CT molecular complexity index is 396. The minimum Gasteiger partial charge on any atom is -0.354 e. The zero-order valence-corrected chi connectivity index (χ0v) is 12.1. The predicted octanol–water partition coefficient (Wildman–Crippen LogP) is 2.70. The monoisotopic (exact) mass is 247 g/mol. The summed E-state index contributed by atoms with van der Waals surface area (Å²) in [6.45, 7) is 9.50. The average Bonchev–Trinajstić information content (AvgIpc) is 2.35. The molecule has 2 N–H and O–H groups in total. The van der Waals surface area contributed by atoms with Crippen LogP contribution in [0.4, 0.5) is 0 Å². The van der Waals surface area contributed by atoms with Gasteiger partial charge in [0.25, 0.3) is 0 Å². The normalized spacial score (nSPS) is 13.6. The van der Waals surface area contributed by atoms with Gasteiger partial charge in [-0.25, -0.2) is 0 Å². The van der Waals surface area contributed by atoms with Gasteiger partial charge in [0.15, 0.2) is 5.96 Å². The van der Waals surface area contributed by atoms with Crippen LogP contribution in [0.1, 0.15) is 31.9 Å². The van der Waals surface area contributed by atoms with Gasteiger partial charge in [-0.1, -0.05) is 38.1 Å². The molecule has 3 heteroatoms. The first kappa shape index (κ1) is 14.6. The molecule has 18 heavy (non-hydrogen) atoms. The Morgan fingerprint density at radius 3 is 2.44 bits per heavy atom. The second-order valence-electron chi connectivity index (χ2n) is 5.03. The molecule has 1 atom stereocenters. The van der Waals surface area contributed by atoms with Crippen molar-refractivity contribution in [3.8, 4) is 0 Å². The number of aliphatic imine (C=N–C) groups is 1. The topological polar surface area (TPSA) is 36.4 Å². The summed E-state index contributed by atoms with van der Waals surface area (Å²) in [6, 6.07) is 8.81. The number of hydrogen-bond donors (Lipinski definition) is 2. The van der Waals surface area contributed by atoms with Crippen molar-refractivity contribution >= 4 is 5.96 Å². The standard InChI is InChI=1S/C15H25N3/c1-11(2)13(4)18-15(16-5)17-10-14-9-7-6-8-12(14)3/h6-9,11,13H,10H2,1-5H3,(H2,16,17,18). The van der Waals surface area contributed by atoms with E-state index in [4.69, 9.17) is 0 Å². The van der Waals surface area contributed by atoms with Crippen molar-refractivity contribution in [2.45, 2.75) is 40.3 Å². The smallest absolute Gasteiger partial charge is 0.191 e. The highest BCUT2D eigenvalue weighted by atomic mass is 15.2. The van der Waals surface area contributed by atoms with Gasteiger partial charge in [0.05, 0.1) is 0 Å². The van der Waals surface area contributed by atoms with E-state index in [2.05, 4.69) is 67.6 Å². The van der Waals surface area contributed by atoms with Gasteiger partial charge in [-0.05, 0) is 30.9 Å². The first-order chi connectivity index (χ1) is 8.54. The van der Waals surface area contributed by atoms with Crippen LogP contribution < -0.4 is 10.6 Å². The minimum absolute atomic E-state index is 0.410. The largest absolute Gasteiger partial charge is 0.354 e. The van der Waals surface area contributed by atoms with E-state index in [0.717, 1.165) is 12.5 Å². The molecule has 0 spiro atoms. The first-order valence-corrected chi connectivity index (χ1v) is 6.56. The fourth-order valence-electron chi connectivity index (χ4n) is 1.56. The molecule has 0 fully saturated rings. The SMILES string of the molecule is CN=C(NCc1ccccc1C)NC(C)C(C)C. The summed E-state index contributed by atoms with van der Waals surface area (Å²) in [5.41, 5.74) is 2.61. The maximum atomic E-state index is 4.25. The van der Waals surface area contributed by atoms with E-state index in [1.54, 1.807) is 7.05 Å². The molecule has 1 rings (SSSR count). The lowest BCUT2D eigenvalue weighted by Gasteiger charge is -2.21. The average molecular weight is 247 g/mol. The summed E-state index contributed by atoms with van der Waals surface area (Å²) in [5.74, 6) is 1.45. The van der Waals surface area contributed by atoms with E-state index in [-0.39, 0.29) is 0 Å². The van der Waals surface area contributed by atoms with Gasteiger partial charge in [-0.2, -0.15) is 0 Å². The Morgan fingerprint density at radius 1 is 1.22 bits per heavy atom. The van der Waals surface area contributed by atoms with Crippen LogP contribution in [0.25, 0.3) is 0 Å². The third-order valence-corrected chi connectivity index (χ3v) is 3.30. The number of hydrogen-bond acceptors (Lipinski definition) is 1. The molecule has 0 saturated heterocycles. The van der Waals surface area contributed by atoms with Crippen molar-refractivity contribution in [3.05, 3.63) is 35.4 Å². The molecule has 0 heterocycles. The second-order valence-corrected chi connectivity index (χ2v) is 5.03. The Hall–Kier alpha value is -1.51. The molecule has 0 saturated carbocycles. The molecule has 0 aliphatic rings. The molecule has 1 unspecified atom stereocenters. The van der Waals surface area contributed by atoms with Gasteiger partial charge in [-0.15, -0.1) is 0 Å². The highest BCUT2D eigenvalue weighted by Crippen LogP contribution is 2.06. The van der Waals surface area contributed by atoms with Crippen molar-refractivity contribution in [2.75, 3.05) is 7.05 Å². The van der Waals surface area contributed by atoms with Crippen LogP contribution in [0.5, 0.6) is 0 Å². The molecule has 0 aliphatic heterocycles. The van der Waals surface area contributed by atoms with Crippen LogP contribution in [-0.2, 0) is 6.54 Å². The number of nitrogens with one attached hydrogen (secondary N) is 2. The molecule has 0 radical (unpaired) electrons. The Kier molecular flexibility index (Phi) is 5.69. The van der Waals surface area contributed by atoms with Crippen molar-refractivity contribution in [2.24, 2.45) is 10.9 Å². The predicted molar refractivity (Wildman–Crippen MR) is 78.8 cm³/mol. The molecule has 3 nitrogen and oxygen atoms in total. The summed E-state index contributed by atoms with van der Waals surface area (Å²) < 4.78 is 0. The van der Waals surface area contributed by atoms with Crippen LogP contribution in [0, 0.1) is 12.8 Å². The Balaban J connectivity index is 2.53. The third kappa shape index (κ3) is 4.40. The number of benzene rings is 1. The van der Waals surface area contributed by atoms with E-state index in [9.17, 15) is 0 Å². The molecule has 1 aromatic carbocycles. The van der Waals surface area contributed by atoms with Crippen LogP contribution in [0.2, 0.25) is 0 Å². The zero-order valence-electron chi connectivity index (χ0n) is 12.1. The number of nitrogens with zero attached hydrogens (tertiary/aromatic N) is 1. The highest BCUT2D eigenvalue weighted by molar-refractivity contribution is 5.79. The van der Waals surface area contributed by atoms with E-state index in [1.807, 2.05) is 0 Å². The van der Waals surface area contributed by atoms with Gasteiger partial charge in [0.1, 0.15) is 0 Å². The molecular weight excluding hydrogens is 222 g/mol. The Morgan fingerprint density at radius 2 is 1.89 bits per heavy atom. The number of aryl methyl sites for hydroxylation is 1. The van der Waals surface area contributed by atoms with Crippen LogP contribution in [0.3, 0.4) is 0 Å². The van der Waals surface area contributed by atoms with E-state index < -0.39 is 0 Å². The van der Waals surface area contributed by atoms with Crippen LogP contribution >= 0.6 is 0 Å². The van der Waals surface area contributed by atoms with Crippen molar-refractivity contribution < 1.29 is 0 Å². The lowest BCUT2D eigenvalue weighted by atomic mass is 10.1. The molecular formula is C15H25N3. The van der Waals surface area contributed by atoms with Crippen molar-refractivity contribution in [1.82, 2.24) is 10.6 Å². The third-order valence-electron chi connectivity index (χ3n) is 3.30. The van der Waals surface area contributed by atoms with Crippen molar-refractivity contribution in [3.63, 3.8) is 0 Å². The highest BCUT2D eigenvalue weighted by Gasteiger charge is 2.08. The Labute approximate surface area is 111 Å². The maximum Gasteiger partial charge on any atom is 0.191 e. The van der Waals surface area contributed by atoms with Gasteiger partial charge < -0.3 is 10.6 Å². The lowest BCUT2D eigenvalue weighted by Crippen LogP contribution is -2.43. The van der Waals surface area contributed by atoms with Gasteiger partial charge in [0, 0.05) is 19.6 Å². The van der Waals surface area contributed by atoms with E-state index in [1.165, 1.54) is 11.1 Å². The molecule has 0 bridgehead atoms. The summed E-state index contributed by atoms with van der Waals surface area (Å²) in [5, 5.41) is 6.75. The summed E-state index contributed by atoms with van der Waals surface area (Å²) in [7, 11) is 1.81. The van der Waals surface area contributed by atoms with Crippen LogP contribution in [-0.4, -0.2) is 19.0 Å². The quantitative estimate of drug-likeness (QED) is 0.634. The molecule has 0 amide bonds. The summed E-state index contributed by atoms with van der Waals surface area (Å²) >= 11 is 0. The maximum absolute atomic E-state index is 4.25. The fraction of sp³-hybridized carbons (Fsp3) is 0.533. The van der Waals surface area contributed by atoms with Gasteiger partial charge in [0.2, 0.25) is 0 Å². The first-order valence-electron chi connectivity index (χ1n) is 6.56. The number of guanidine groups is 1. The van der Waals surface area contributed by atoms with Crippen LogP contribution in [0.15, 0.2) is 29.3 Å². The summed E-state index contributed by atoms with van der Waals surface area (Å²) in [6.07, 6.45) is 0. The van der Waals surface area contributed by atoms with E-state index in [0.29, 0.717) is 12.0 Å². The molecule has 100 valence electrons.